The summed E-state index contributed by atoms with van der Waals surface area (Å²) in [7, 11) is 0. The second kappa shape index (κ2) is 8.53. The van der Waals surface area contributed by atoms with E-state index < -0.39 is 17.7 Å². The molecule has 0 aromatic heterocycles. The summed E-state index contributed by atoms with van der Waals surface area (Å²) in [6.45, 7) is 2.30. The minimum Gasteiger partial charge on any atom is -0.480 e. The first-order chi connectivity index (χ1) is 12.2. The van der Waals surface area contributed by atoms with Crippen LogP contribution in [0.5, 0.6) is 0 Å². The normalized spacial score (nSPS) is 19.0. The van der Waals surface area contributed by atoms with Gasteiger partial charge in [-0.15, -0.1) is 0 Å². The lowest BCUT2D eigenvalue weighted by Gasteiger charge is -2.29. The Labute approximate surface area is 150 Å². The van der Waals surface area contributed by atoms with Crippen molar-refractivity contribution in [2.24, 2.45) is 0 Å². The molecule has 1 N–H and O–H groups in total. The van der Waals surface area contributed by atoms with Gasteiger partial charge in [-0.3, -0.25) is 14.5 Å². The molecule has 0 radical (unpaired) electrons. The minimum absolute atomic E-state index is 0.182. The molecule has 0 spiro atoms. The van der Waals surface area contributed by atoms with Gasteiger partial charge in [0, 0.05) is 26.1 Å². The van der Waals surface area contributed by atoms with Crippen LogP contribution in [-0.2, 0) is 22.3 Å². The second-order valence-electron chi connectivity index (χ2n) is 6.56. The first-order valence-corrected chi connectivity index (χ1v) is 8.55. The van der Waals surface area contributed by atoms with Gasteiger partial charge in [0.1, 0.15) is 6.54 Å². The number of carboxylic acid groups (broad SMARTS) is 1. The van der Waals surface area contributed by atoms with Crippen LogP contribution in [0, 0.1) is 0 Å². The van der Waals surface area contributed by atoms with Gasteiger partial charge in [0.2, 0.25) is 5.91 Å². The minimum atomic E-state index is -4.39. The topological polar surface area (TPSA) is 60.9 Å². The van der Waals surface area contributed by atoms with Crippen molar-refractivity contribution in [3.63, 3.8) is 0 Å². The predicted octanol–water partition coefficient (Wildman–Crippen LogP) is 2.99. The van der Waals surface area contributed by atoms with Crippen LogP contribution in [0.4, 0.5) is 13.2 Å². The summed E-state index contributed by atoms with van der Waals surface area (Å²) in [5, 5.41) is 8.98. The molecule has 1 aromatic rings. The molecule has 8 heteroatoms. The van der Waals surface area contributed by atoms with E-state index in [2.05, 4.69) is 0 Å². The van der Waals surface area contributed by atoms with E-state index in [1.165, 1.54) is 24.0 Å². The van der Waals surface area contributed by atoms with Crippen molar-refractivity contribution in [2.75, 3.05) is 19.6 Å². The molecule has 0 saturated carbocycles. The molecule has 1 aromatic carbocycles. The lowest BCUT2D eigenvalue weighted by Crippen LogP contribution is -2.42. The molecule has 26 heavy (non-hydrogen) atoms. The van der Waals surface area contributed by atoms with Crippen LogP contribution in [0.25, 0.3) is 0 Å². The zero-order chi connectivity index (χ0) is 19.3. The molecule has 1 aliphatic rings. The Kier molecular flexibility index (Phi) is 6.63. The molecular formula is C18H23F3N2O3. The standard InChI is InChI=1S/C18H23F3N2O3/c1-13(24)23(12-17(25)26)15-6-4-9-22(10-8-15)11-14-5-2-3-7-16(14)18(19,20)21/h2-3,5,7,15H,4,6,8-12H2,1H3,(H,25,26)/t15-/m1/s1. The van der Waals surface area contributed by atoms with E-state index in [0.29, 0.717) is 32.4 Å². The Morgan fingerprint density at radius 3 is 2.54 bits per heavy atom. The van der Waals surface area contributed by atoms with Gasteiger partial charge in [-0.2, -0.15) is 13.2 Å². The summed E-state index contributed by atoms with van der Waals surface area (Å²) in [5.41, 5.74) is -0.399. The molecule has 1 fully saturated rings. The van der Waals surface area contributed by atoms with Gasteiger partial charge in [0.15, 0.2) is 0 Å². The van der Waals surface area contributed by atoms with Crippen LogP contribution in [0.15, 0.2) is 24.3 Å². The van der Waals surface area contributed by atoms with E-state index in [-0.39, 0.29) is 30.6 Å². The lowest BCUT2D eigenvalue weighted by molar-refractivity contribution is -0.145. The number of benzene rings is 1. The van der Waals surface area contributed by atoms with Crippen LogP contribution >= 0.6 is 0 Å². The molecular weight excluding hydrogens is 349 g/mol. The monoisotopic (exact) mass is 372 g/mol. The zero-order valence-corrected chi connectivity index (χ0v) is 14.6. The number of halogens is 3. The fourth-order valence-electron chi connectivity index (χ4n) is 3.43. The summed E-state index contributed by atoms with van der Waals surface area (Å²) in [5.74, 6) is -1.37. The van der Waals surface area contributed by atoms with E-state index >= 15 is 0 Å². The van der Waals surface area contributed by atoms with Crippen molar-refractivity contribution in [3.05, 3.63) is 35.4 Å². The predicted molar refractivity (Wildman–Crippen MR) is 89.4 cm³/mol. The molecule has 0 bridgehead atoms. The van der Waals surface area contributed by atoms with Gasteiger partial charge in [0.25, 0.3) is 0 Å². The number of aliphatic carboxylic acids is 1. The third-order valence-electron chi connectivity index (χ3n) is 4.66. The Bertz CT molecular complexity index is 649. The number of carbonyl (C=O) groups excluding carboxylic acids is 1. The first kappa shape index (κ1) is 20.2. The van der Waals surface area contributed by atoms with Crippen molar-refractivity contribution >= 4 is 11.9 Å². The molecule has 2 rings (SSSR count). The van der Waals surface area contributed by atoms with Crippen LogP contribution in [0.2, 0.25) is 0 Å². The van der Waals surface area contributed by atoms with Crippen LogP contribution < -0.4 is 0 Å². The molecule has 1 saturated heterocycles. The Hall–Kier alpha value is -2.09. The van der Waals surface area contributed by atoms with Crippen molar-refractivity contribution in [1.29, 1.82) is 0 Å². The molecule has 1 amide bonds. The molecule has 144 valence electrons. The highest BCUT2D eigenvalue weighted by atomic mass is 19.4. The maximum Gasteiger partial charge on any atom is 0.416 e. The summed E-state index contributed by atoms with van der Waals surface area (Å²) < 4.78 is 39.4. The quantitative estimate of drug-likeness (QED) is 0.863. The molecule has 0 unspecified atom stereocenters. The van der Waals surface area contributed by atoms with Gasteiger partial charge in [-0.05, 0) is 37.4 Å². The highest BCUT2D eigenvalue weighted by Crippen LogP contribution is 2.32. The Balaban J connectivity index is 2.05. The molecule has 0 aliphatic carbocycles. The van der Waals surface area contributed by atoms with E-state index in [9.17, 15) is 22.8 Å². The van der Waals surface area contributed by atoms with Gasteiger partial charge < -0.3 is 10.0 Å². The molecule has 1 aliphatic heterocycles. The van der Waals surface area contributed by atoms with Crippen molar-refractivity contribution in [2.45, 2.75) is 44.9 Å². The number of alkyl halides is 3. The number of carbonyl (C=O) groups is 2. The average Bonchev–Trinajstić information content (AvgIpc) is 2.77. The Morgan fingerprint density at radius 2 is 1.92 bits per heavy atom. The maximum absolute atomic E-state index is 13.1. The van der Waals surface area contributed by atoms with Crippen molar-refractivity contribution < 1.29 is 27.9 Å². The third-order valence-corrected chi connectivity index (χ3v) is 4.66. The number of hydrogen-bond acceptors (Lipinski definition) is 3. The smallest absolute Gasteiger partial charge is 0.416 e. The number of hydrogen-bond donors (Lipinski definition) is 1. The van der Waals surface area contributed by atoms with E-state index in [4.69, 9.17) is 5.11 Å². The van der Waals surface area contributed by atoms with Crippen molar-refractivity contribution in [3.8, 4) is 0 Å². The summed E-state index contributed by atoms with van der Waals surface area (Å²) >= 11 is 0. The van der Waals surface area contributed by atoms with Crippen molar-refractivity contribution in [1.82, 2.24) is 9.80 Å². The fraction of sp³-hybridized carbons (Fsp3) is 0.556. The molecule has 5 nitrogen and oxygen atoms in total. The number of amides is 1. The SMILES string of the molecule is CC(=O)N(CC(=O)O)[C@@H]1CCCN(Cc2ccccc2C(F)(F)F)CC1. The lowest BCUT2D eigenvalue weighted by atomic mass is 10.1. The molecule has 1 heterocycles. The first-order valence-electron chi connectivity index (χ1n) is 8.55. The van der Waals surface area contributed by atoms with Crippen LogP contribution in [0.3, 0.4) is 0 Å². The largest absolute Gasteiger partial charge is 0.480 e. The summed E-state index contributed by atoms with van der Waals surface area (Å²) in [6.07, 6.45) is -2.51. The van der Waals surface area contributed by atoms with Crippen LogP contribution in [-0.4, -0.2) is 52.5 Å². The van der Waals surface area contributed by atoms with E-state index in [1.54, 1.807) is 6.07 Å². The fourth-order valence-corrected chi connectivity index (χ4v) is 3.43. The van der Waals surface area contributed by atoms with Gasteiger partial charge in [-0.25, -0.2) is 0 Å². The van der Waals surface area contributed by atoms with E-state index in [1.807, 2.05) is 4.90 Å². The van der Waals surface area contributed by atoms with E-state index in [0.717, 1.165) is 6.07 Å². The second-order valence-corrected chi connectivity index (χ2v) is 6.56. The third kappa shape index (κ3) is 5.45. The number of rotatable bonds is 5. The summed E-state index contributed by atoms with van der Waals surface area (Å²) in [4.78, 5) is 26.0. The maximum atomic E-state index is 13.1. The number of likely N-dealkylation sites (tertiary alicyclic amines) is 1. The number of carboxylic acids is 1. The van der Waals surface area contributed by atoms with Crippen LogP contribution in [0.1, 0.15) is 37.3 Å². The highest BCUT2D eigenvalue weighted by molar-refractivity contribution is 5.79. The summed E-state index contributed by atoms with van der Waals surface area (Å²) in [6, 6.07) is 5.33. The molecule has 1 atom stereocenters. The number of nitrogens with zero attached hydrogens (tertiary/aromatic N) is 2. The van der Waals surface area contributed by atoms with Gasteiger partial charge >= 0.3 is 12.1 Å². The zero-order valence-electron chi connectivity index (χ0n) is 14.6. The van der Waals surface area contributed by atoms with Gasteiger partial charge in [0.05, 0.1) is 5.56 Å². The highest BCUT2D eigenvalue weighted by Gasteiger charge is 2.33. The Morgan fingerprint density at radius 1 is 1.23 bits per heavy atom. The average molecular weight is 372 g/mol. The van der Waals surface area contributed by atoms with Gasteiger partial charge in [-0.1, -0.05) is 18.2 Å².